The minimum absolute atomic E-state index is 0.0673. The average Bonchev–Trinajstić information content (AvgIpc) is 2.44. The molecule has 0 bridgehead atoms. The molecular formula is C13H24N2O5. The standard InChI is InChI=1S/C13H24N2O5/c1-3-20-10(2)8-14-12(18)15-9-13(11(16)17)4-6-19-7-5-13/h10H,3-9H2,1-2H3,(H,16,17)(H2,14,15,18). The van der Waals surface area contributed by atoms with E-state index in [4.69, 9.17) is 9.47 Å². The molecular weight excluding hydrogens is 264 g/mol. The second-order valence-electron chi connectivity index (χ2n) is 5.03. The first-order valence-corrected chi connectivity index (χ1v) is 6.94. The van der Waals surface area contributed by atoms with Gasteiger partial charge in [-0.15, -0.1) is 0 Å². The number of hydrogen-bond acceptors (Lipinski definition) is 4. The molecule has 7 nitrogen and oxygen atoms in total. The van der Waals surface area contributed by atoms with Crippen molar-refractivity contribution < 1.29 is 24.2 Å². The lowest BCUT2D eigenvalue weighted by Gasteiger charge is -2.33. The van der Waals surface area contributed by atoms with Crippen LogP contribution in [0, 0.1) is 5.41 Å². The Hall–Kier alpha value is -1.34. The molecule has 1 rings (SSSR count). The molecule has 3 N–H and O–H groups in total. The lowest BCUT2D eigenvalue weighted by Crippen LogP contribution is -2.49. The first-order chi connectivity index (χ1) is 9.50. The van der Waals surface area contributed by atoms with Crippen LogP contribution >= 0.6 is 0 Å². The van der Waals surface area contributed by atoms with E-state index in [0.29, 0.717) is 39.2 Å². The smallest absolute Gasteiger partial charge is 0.314 e. The number of amides is 2. The van der Waals surface area contributed by atoms with E-state index in [1.807, 2.05) is 13.8 Å². The van der Waals surface area contributed by atoms with Crippen molar-refractivity contribution in [2.75, 3.05) is 32.9 Å². The Morgan fingerprint density at radius 2 is 2.00 bits per heavy atom. The Morgan fingerprint density at radius 3 is 2.55 bits per heavy atom. The van der Waals surface area contributed by atoms with Gasteiger partial charge in [-0.25, -0.2) is 4.79 Å². The van der Waals surface area contributed by atoms with Gasteiger partial charge in [0.15, 0.2) is 0 Å². The van der Waals surface area contributed by atoms with E-state index < -0.39 is 11.4 Å². The van der Waals surface area contributed by atoms with Crippen LogP contribution in [0.1, 0.15) is 26.7 Å². The molecule has 2 amide bonds. The topological polar surface area (TPSA) is 96.9 Å². The van der Waals surface area contributed by atoms with Gasteiger partial charge >= 0.3 is 12.0 Å². The molecule has 1 aliphatic rings. The van der Waals surface area contributed by atoms with Gasteiger partial charge in [0.05, 0.1) is 11.5 Å². The molecule has 20 heavy (non-hydrogen) atoms. The van der Waals surface area contributed by atoms with E-state index in [9.17, 15) is 14.7 Å². The lowest BCUT2D eigenvalue weighted by molar-refractivity contribution is -0.154. The summed E-state index contributed by atoms with van der Waals surface area (Å²) in [4.78, 5) is 23.1. The molecule has 116 valence electrons. The van der Waals surface area contributed by atoms with Crippen molar-refractivity contribution in [1.29, 1.82) is 0 Å². The minimum Gasteiger partial charge on any atom is -0.481 e. The summed E-state index contributed by atoms with van der Waals surface area (Å²) in [6, 6.07) is -0.372. The van der Waals surface area contributed by atoms with E-state index in [0.717, 1.165) is 0 Å². The van der Waals surface area contributed by atoms with Crippen molar-refractivity contribution in [2.45, 2.75) is 32.8 Å². The predicted octanol–water partition coefficient (Wildman–Crippen LogP) is 0.592. The molecule has 0 aromatic carbocycles. The fourth-order valence-corrected chi connectivity index (χ4v) is 2.12. The van der Waals surface area contributed by atoms with Crippen LogP contribution in [0.2, 0.25) is 0 Å². The largest absolute Gasteiger partial charge is 0.481 e. The van der Waals surface area contributed by atoms with Crippen molar-refractivity contribution in [3.8, 4) is 0 Å². The fraction of sp³-hybridized carbons (Fsp3) is 0.846. The third kappa shape index (κ3) is 4.97. The van der Waals surface area contributed by atoms with Gasteiger partial charge < -0.3 is 25.2 Å². The number of aliphatic carboxylic acids is 1. The Bertz CT molecular complexity index is 329. The lowest BCUT2D eigenvalue weighted by atomic mass is 9.80. The summed E-state index contributed by atoms with van der Waals surface area (Å²) < 4.78 is 10.5. The van der Waals surface area contributed by atoms with Gasteiger partial charge in [0.25, 0.3) is 0 Å². The van der Waals surface area contributed by atoms with E-state index in [2.05, 4.69) is 10.6 Å². The number of hydrogen-bond donors (Lipinski definition) is 3. The molecule has 1 aliphatic heterocycles. The summed E-state index contributed by atoms with van der Waals surface area (Å²) in [7, 11) is 0. The van der Waals surface area contributed by atoms with E-state index >= 15 is 0 Å². The van der Waals surface area contributed by atoms with Crippen molar-refractivity contribution >= 4 is 12.0 Å². The van der Waals surface area contributed by atoms with Crippen LogP contribution in [-0.2, 0) is 14.3 Å². The molecule has 0 radical (unpaired) electrons. The third-order valence-electron chi connectivity index (χ3n) is 3.49. The van der Waals surface area contributed by atoms with Crippen LogP contribution < -0.4 is 10.6 Å². The molecule has 0 aliphatic carbocycles. The zero-order valence-corrected chi connectivity index (χ0v) is 12.1. The highest BCUT2D eigenvalue weighted by Crippen LogP contribution is 2.29. The van der Waals surface area contributed by atoms with E-state index in [-0.39, 0.29) is 18.7 Å². The van der Waals surface area contributed by atoms with Gasteiger partial charge in [-0.3, -0.25) is 4.79 Å². The SMILES string of the molecule is CCOC(C)CNC(=O)NCC1(C(=O)O)CCOCC1. The second kappa shape index (κ2) is 8.06. The Morgan fingerprint density at radius 1 is 1.35 bits per heavy atom. The molecule has 7 heteroatoms. The van der Waals surface area contributed by atoms with Gasteiger partial charge in [0, 0.05) is 32.9 Å². The molecule has 0 saturated carbocycles. The van der Waals surface area contributed by atoms with Gasteiger partial charge in [-0.05, 0) is 26.7 Å². The van der Waals surface area contributed by atoms with E-state index in [1.54, 1.807) is 0 Å². The Balaban J connectivity index is 2.36. The van der Waals surface area contributed by atoms with Gasteiger partial charge in [0.1, 0.15) is 0 Å². The maximum atomic E-state index is 11.7. The normalized spacial score (nSPS) is 19.1. The second-order valence-corrected chi connectivity index (χ2v) is 5.03. The number of carbonyl (C=O) groups is 2. The molecule has 0 aromatic heterocycles. The zero-order chi connectivity index (χ0) is 15.0. The Labute approximate surface area is 119 Å². The number of carboxylic acid groups (broad SMARTS) is 1. The molecule has 1 saturated heterocycles. The maximum Gasteiger partial charge on any atom is 0.314 e. The van der Waals surface area contributed by atoms with Crippen LogP contribution in [0.3, 0.4) is 0 Å². The first-order valence-electron chi connectivity index (χ1n) is 6.94. The number of nitrogens with one attached hydrogen (secondary N) is 2. The predicted molar refractivity (Wildman–Crippen MR) is 72.6 cm³/mol. The van der Waals surface area contributed by atoms with Gasteiger partial charge in [-0.1, -0.05) is 0 Å². The summed E-state index contributed by atoms with van der Waals surface area (Å²) >= 11 is 0. The molecule has 1 unspecified atom stereocenters. The highest BCUT2D eigenvalue weighted by molar-refractivity contribution is 5.78. The number of rotatable bonds is 7. The van der Waals surface area contributed by atoms with Crippen molar-refractivity contribution in [1.82, 2.24) is 10.6 Å². The highest BCUT2D eigenvalue weighted by atomic mass is 16.5. The van der Waals surface area contributed by atoms with Crippen molar-refractivity contribution in [3.63, 3.8) is 0 Å². The molecule has 1 fully saturated rings. The third-order valence-corrected chi connectivity index (χ3v) is 3.49. The van der Waals surface area contributed by atoms with Gasteiger partial charge in [-0.2, -0.15) is 0 Å². The molecule has 0 spiro atoms. The van der Waals surface area contributed by atoms with Crippen LogP contribution in [0.4, 0.5) is 4.79 Å². The average molecular weight is 288 g/mol. The van der Waals surface area contributed by atoms with E-state index in [1.165, 1.54) is 0 Å². The van der Waals surface area contributed by atoms with Crippen LogP contribution in [0.25, 0.3) is 0 Å². The first kappa shape index (κ1) is 16.7. The monoisotopic (exact) mass is 288 g/mol. The number of ether oxygens (including phenoxy) is 2. The summed E-state index contributed by atoms with van der Waals surface area (Å²) in [5.74, 6) is -0.885. The van der Waals surface area contributed by atoms with Crippen molar-refractivity contribution in [2.24, 2.45) is 5.41 Å². The molecule has 1 atom stereocenters. The Kier molecular flexibility index (Phi) is 6.74. The van der Waals surface area contributed by atoms with Crippen LogP contribution in [0.15, 0.2) is 0 Å². The quantitative estimate of drug-likeness (QED) is 0.637. The number of carbonyl (C=O) groups excluding carboxylic acids is 1. The molecule has 0 aromatic rings. The maximum absolute atomic E-state index is 11.7. The van der Waals surface area contributed by atoms with Crippen molar-refractivity contribution in [3.05, 3.63) is 0 Å². The highest BCUT2D eigenvalue weighted by Gasteiger charge is 2.40. The number of urea groups is 1. The fourth-order valence-electron chi connectivity index (χ4n) is 2.12. The number of carboxylic acids is 1. The van der Waals surface area contributed by atoms with Crippen LogP contribution in [-0.4, -0.2) is 56.1 Å². The summed E-state index contributed by atoms with van der Waals surface area (Å²) in [5.41, 5.74) is -0.916. The summed E-state index contributed by atoms with van der Waals surface area (Å²) in [6.07, 6.45) is 0.762. The summed E-state index contributed by atoms with van der Waals surface area (Å²) in [6.45, 7) is 5.67. The zero-order valence-electron chi connectivity index (χ0n) is 12.1. The minimum atomic E-state index is -0.916. The van der Waals surface area contributed by atoms with Gasteiger partial charge in [0.2, 0.25) is 0 Å². The summed E-state index contributed by atoms with van der Waals surface area (Å²) in [5, 5.41) is 14.6. The molecule has 1 heterocycles. The van der Waals surface area contributed by atoms with Crippen LogP contribution in [0.5, 0.6) is 0 Å².